The summed E-state index contributed by atoms with van der Waals surface area (Å²) in [4.78, 5) is 12.1. The number of benzene rings is 1. The van der Waals surface area contributed by atoms with E-state index in [9.17, 15) is 4.79 Å². The molecule has 0 saturated heterocycles. The van der Waals surface area contributed by atoms with E-state index in [1.165, 1.54) is 0 Å². The van der Waals surface area contributed by atoms with Crippen molar-refractivity contribution in [1.82, 2.24) is 5.32 Å². The summed E-state index contributed by atoms with van der Waals surface area (Å²) in [5.41, 5.74) is 5.93. The van der Waals surface area contributed by atoms with Crippen molar-refractivity contribution in [2.24, 2.45) is 11.7 Å². The molecule has 1 fully saturated rings. The van der Waals surface area contributed by atoms with Crippen molar-refractivity contribution in [2.45, 2.75) is 44.8 Å². The van der Waals surface area contributed by atoms with Gasteiger partial charge in [-0.25, -0.2) is 0 Å². The molecule has 3 unspecified atom stereocenters. The van der Waals surface area contributed by atoms with Crippen LogP contribution in [0.2, 0.25) is 0 Å². The van der Waals surface area contributed by atoms with Crippen molar-refractivity contribution < 1.29 is 14.3 Å². The molecule has 1 saturated carbocycles. The first-order valence-corrected chi connectivity index (χ1v) is 7.92. The van der Waals surface area contributed by atoms with Crippen LogP contribution in [0.1, 0.15) is 32.6 Å². The molecule has 3 atom stereocenters. The summed E-state index contributed by atoms with van der Waals surface area (Å²) in [6.45, 7) is 2.44. The van der Waals surface area contributed by atoms with Crippen LogP contribution in [-0.2, 0) is 4.79 Å². The third-order valence-corrected chi connectivity index (χ3v) is 4.05. The topological polar surface area (TPSA) is 73.6 Å². The number of halogens is 1. The highest BCUT2D eigenvalue weighted by Crippen LogP contribution is 2.23. The number of carbonyl (C=O) groups excluding carboxylic acids is 1. The highest BCUT2D eigenvalue weighted by atomic mass is 35.5. The van der Waals surface area contributed by atoms with Crippen LogP contribution in [0.3, 0.4) is 0 Å². The predicted octanol–water partition coefficient (Wildman–Crippen LogP) is 2.52. The first-order chi connectivity index (χ1) is 10.6. The average Bonchev–Trinajstić information content (AvgIpc) is 2.53. The maximum absolute atomic E-state index is 12.1. The van der Waals surface area contributed by atoms with Gasteiger partial charge in [0.1, 0.15) is 17.6 Å². The minimum atomic E-state index is -0.0883. The SMILES string of the molecule is COc1ccc(OC(C)CNC(=O)C2CCCC(N)C2)cc1.Cl. The lowest BCUT2D eigenvalue weighted by molar-refractivity contribution is -0.126. The molecular formula is C17H27ClN2O3. The van der Waals surface area contributed by atoms with Gasteiger partial charge in [-0.05, 0) is 50.5 Å². The lowest BCUT2D eigenvalue weighted by Gasteiger charge is -2.26. The fourth-order valence-corrected chi connectivity index (χ4v) is 2.78. The Kier molecular flexibility index (Phi) is 8.20. The van der Waals surface area contributed by atoms with Crippen molar-refractivity contribution in [3.63, 3.8) is 0 Å². The second kappa shape index (κ2) is 9.63. The average molecular weight is 343 g/mol. The molecule has 1 aromatic rings. The molecule has 0 radical (unpaired) electrons. The standard InChI is InChI=1S/C17H26N2O3.ClH/c1-12(22-16-8-6-15(21-2)7-9-16)11-19-17(20)13-4-3-5-14(18)10-13;/h6-9,12-14H,3-5,10-11,18H2,1-2H3,(H,19,20);1H. The quantitative estimate of drug-likeness (QED) is 0.833. The first kappa shape index (κ1) is 19.6. The van der Waals surface area contributed by atoms with Gasteiger partial charge in [-0.1, -0.05) is 6.42 Å². The van der Waals surface area contributed by atoms with E-state index in [1.54, 1.807) is 7.11 Å². The van der Waals surface area contributed by atoms with Gasteiger partial charge in [-0.2, -0.15) is 0 Å². The van der Waals surface area contributed by atoms with E-state index in [0.717, 1.165) is 37.2 Å². The van der Waals surface area contributed by atoms with E-state index in [2.05, 4.69) is 5.32 Å². The Morgan fingerprint density at radius 3 is 2.57 bits per heavy atom. The largest absolute Gasteiger partial charge is 0.497 e. The first-order valence-electron chi connectivity index (χ1n) is 7.92. The van der Waals surface area contributed by atoms with Crippen molar-refractivity contribution in [3.8, 4) is 11.5 Å². The van der Waals surface area contributed by atoms with Gasteiger partial charge in [0.15, 0.2) is 0 Å². The number of methoxy groups -OCH3 is 1. The number of amides is 1. The monoisotopic (exact) mass is 342 g/mol. The molecule has 23 heavy (non-hydrogen) atoms. The van der Waals surface area contributed by atoms with Gasteiger partial charge in [0.2, 0.25) is 5.91 Å². The second-order valence-corrected chi connectivity index (χ2v) is 5.97. The molecule has 1 amide bonds. The Morgan fingerprint density at radius 2 is 1.96 bits per heavy atom. The molecule has 2 rings (SSSR count). The van der Waals surface area contributed by atoms with Crippen LogP contribution in [0.25, 0.3) is 0 Å². The molecule has 1 aromatic carbocycles. The van der Waals surface area contributed by atoms with Crippen LogP contribution in [0.4, 0.5) is 0 Å². The van der Waals surface area contributed by atoms with Crippen LogP contribution >= 0.6 is 12.4 Å². The molecule has 130 valence electrons. The van der Waals surface area contributed by atoms with Gasteiger partial charge < -0.3 is 20.5 Å². The van der Waals surface area contributed by atoms with Crippen molar-refractivity contribution >= 4 is 18.3 Å². The summed E-state index contributed by atoms with van der Waals surface area (Å²) >= 11 is 0. The zero-order chi connectivity index (χ0) is 15.9. The lowest BCUT2D eigenvalue weighted by atomic mass is 9.85. The molecule has 0 bridgehead atoms. The highest BCUT2D eigenvalue weighted by molar-refractivity contribution is 5.85. The Bertz CT molecular complexity index is 481. The Hall–Kier alpha value is -1.46. The van der Waals surface area contributed by atoms with Crippen LogP contribution in [0.5, 0.6) is 11.5 Å². The summed E-state index contributed by atoms with van der Waals surface area (Å²) in [5, 5.41) is 2.97. The number of hydrogen-bond acceptors (Lipinski definition) is 4. The smallest absolute Gasteiger partial charge is 0.223 e. The van der Waals surface area contributed by atoms with Gasteiger partial charge in [0.25, 0.3) is 0 Å². The normalized spacial score (nSPS) is 21.7. The van der Waals surface area contributed by atoms with Crippen LogP contribution in [0.15, 0.2) is 24.3 Å². The van der Waals surface area contributed by atoms with Gasteiger partial charge in [-0.15, -0.1) is 12.4 Å². The number of ether oxygens (including phenoxy) is 2. The summed E-state index contributed by atoms with van der Waals surface area (Å²) in [5.74, 6) is 1.71. The Morgan fingerprint density at radius 1 is 1.30 bits per heavy atom. The number of hydrogen-bond donors (Lipinski definition) is 2. The fourth-order valence-electron chi connectivity index (χ4n) is 2.78. The molecule has 0 aromatic heterocycles. The number of carbonyl (C=O) groups is 1. The Labute approximate surface area is 144 Å². The van der Waals surface area contributed by atoms with Crippen molar-refractivity contribution in [2.75, 3.05) is 13.7 Å². The third kappa shape index (κ3) is 6.28. The van der Waals surface area contributed by atoms with E-state index in [1.807, 2.05) is 31.2 Å². The van der Waals surface area contributed by atoms with E-state index < -0.39 is 0 Å². The van der Waals surface area contributed by atoms with Gasteiger partial charge >= 0.3 is 0 Å². The van der Waals surface area contributed by atoms with Gasteiger partial charge in [0.05, 0.1) is 13.7 Å². The number of rotatable bonds is 6. The minimum absolute atomic E-state index is 0. The Balaban J connectivity index is 0.00000264. The maximum atomic E-state index is 12.1. The van der Waals surface area contributed by atoms with Crippen LogP contribution in [-0.4, -0.2) is 31.7 Å². The fraction of sp³-hybridized carbons (Fsp3) is 0.588. The molecule has 6 heteroatoms. The molecule has 3 N–H and O–H groups in total. The summed E-state index contributed by atoms with van der Waals surface area (Å²) < 4.78 is 10.9. The van der Waals surface area contributed by atoms with Gasteiger partial charge in [-0.3, -0.25) is 4.79 Å². The summed E-state index contributed by atoms with van der Waals surface area (Å²) in [7, 11) is 1.63. The predicted molar refractivity (Wildman–Crippen MR) is 93.3 cm³/mol. The van der Waals surface area contributed by atoms with Crippen LogP contribution in [0, 0.1) is 5.92 Å². The molecule has 0 aliphatic heterocycles. The highest BCUT2D eigenvalue weighted by Gasteiger charge is 2.25. The van der Waals surface area contributed by atoms with E-state index in [4.69, 9.17) is 15.2 Å². The van der Waals surface area contributed by atoms with Crippen molar-refractivity contribution in [3.05, 3.63) is 24.3 Å². The molecule has 0 heterocycles. The van der Waals surface area contributed by atoms with Crippen molar-refractivity contribution in [1.29, 1.82) is 0 Å². The van der Waals surface area contributed by atoms with E-state index in [0.29, 0.717) is 6.54 Å². The molecular weight excluding hydrogens is 316 g/mol. The summed E-state index contributed by atoms with van der Waals surface area (Å²) in [6, 6.07) is 7.58. The number of nitrogens with two attached hydrogens (primary N) is 1. The van der Waals surface area contributed by atoms with E-state index >= 15 is 0 Å². The van der Waals surface area contributed by atoms with E-state index in [-0.39, 0.29) is 36.4 Å². The molecule has 0 spiro atoms. The zero-order valence-corrected chi connectivity index (χ0v) is 14.6. The van der Waals surface area contributed by atoms with Crippen LogP contribution < -0.4 is 20.5 Å². The lowest BCUT2D eigenvalue weighted by Crippen LogP contribution is -2.41. The summed E-state index contributed by atoms with van der Waals surface area (Å²) in [6.07, 6.45) is 3.71. The van der Waals surface area contributed by atoms with Gasteiger partial charge in [0, 0.05) is 12.0 Å². The third-order valence-electron chi connectivity index (χ3n) is 4.05. The molecule has 1 aliphatic rings. The second-order valence-electron chi connectivity index (χ2n) is 5.97. The molecule has 5 nitrogen and oxygen atoms in total. The minimum Gasteiger partial charge on any atom is -0.497 e. The molecule has 1 aliphatic carbocycles. The maximum Gasteiger partial charge on any atom is 0.223 e. The number of nitrogens with one attached hydrogen (secondary N) is 1. The zero-order valence-electron chi connectivity index (χ0n) is 13.8.